The Morgan fingerprint density at radius 3 is 2.23 bits per heavy atom. The van der Waals surface area contributed by atoms with Crippen molar-refractivity contribution in [2.75, 3.05) is 19.7 Å². The predicted octanol–water partition coefficient (Wildman–Crippen LogP) is 5.26. The van der Waals surface area contributed by atoms with Crippen molar-refractivity contribution >= 4 is 29.3 Å². The van der Waals surface area contributed by atoms with Crippen molar-refractivity contribution in [2.45, 2.75) is 25.8 Å². The van der Waals surface area contributed by atoms with Crippen LogP contribution in [0.25, 0.3) is 11.1 Å². The molecular formula is C31H29N3O5S. The fourth-order valence-corrected chi connectivity index (χ4v) is 5.92. The average Bonchev–Trinajstić information content (AvgIpc) is 3.48. The second-order valence-corrected chi connectivity index (χ2v) is 10.8. The van der Waals surface area contributed by atoms with Gasteiger partial charge in [-0.05, 0) is 34.7 Å². The molecule has 1 aromatic heterocycles. The number of benzene rings is 3. The molecule has 0 fully saturated rings. The molecule has 0 bridgehead atoms. The maximum atomic E-state index is 13.2. The third-order valence-corrected chi connectivity index (χ3v) is 7.86. The van der Waals surface area contributed by atoms with Gasteiger partial charge in [-0.25, -0.2) is 9.78 Å². The van der Waals surface area contributed by atoms with Crippen LogP contribution in [-0.4, -0.2) is 52.7 Å². The van der Waals surface area contributed by atoms with E-state index in [1.54, 1.807) is 6.92 Å². The van der Waals surface area contributed by atoms with Crippen LogP contribution in [0.3, 0.4) is 0 Å². The van der Waals surface area contributed by atoms with Crippen LogP contribution in [-0.2, 0) is 22.5 Å². The first-order valence-corrected chi connectivity index (χ1v) is 13.8. The lowest BCUT2D eigenvalue weighted by atomic mass is 9.98. The molecule has 1 aliphatic carbocycles. The van der Waals surface area contributed by atoms with Crippen molar-refractivity contribution < 1.29 is 24.2 Å². The van der Waals surface area contributed by atoms with Crippen molar-refractivity contribution in [3.8, 4) is 11.1 Å². The molecule has 0 spiro atoms. The van der Waals surface area contributed by atoms with Crippen molar-refractivity contribution in [3.05, 3.63) is 111 Å². The van der Waals surface area contributed by atoms with Gasteiger partial charge in [0.05, 0.1) is 5.01 Å². The number of fused-ring (bicyclic) bond motifs is 3. The Morgan fingerprint density at radius 2 is 1.57 bits per heavy atom. The van der Waals surface area contributed by atoms with Crippen LogP contribution in [0.15, 0.2) is 78.9 Å². The van der Waals surface area contributed by atoms with Crippen LogP contribution in [0, 0.1) is 6.92 Å². The van der Waals surface area contributed by atoms with Gasteiger partial charge in [0.2, 0.25) is 0 Å². The summed E-state index contributed by atoms with van der Waals surface area (Å²) >= 11 is 1.36. The highest BCUT2D eigenvalue weighted by Crippen LogP contribution is 2.44. The van der Waals surface area contributed by atoms with E-state index in [1.165, 1.54) is 27.4 Å². The summed E-state index contributed by atoms with van der Waals surface area (Å²) in [6.07, 6.45) is -0.0948. The van der Waals surface area contributed by atoms with Gasteiger partial charge in [-0.1, -0.05) is 78.9 Å². The SMILES string of the molecule is Cc1sc(CCNC(=O)OCC2c3ccccc3-c3ccccc32)nc1C(=O)N(CC(=O)O)Cc1ccccc1. The van der Waals surface area contributed by atoms with Crippen molar-refractivity contribution in [1.29, 1.82) is 0 Å². The number of nitrogens with zero attached hydrogens (tertiary/aromatic N) is 2. The minimum Gasteiger partial charge on any atom is -0.480 e. The van der Waals surface area contributed by atoms with Crippen molar-refractivity contribution in [2.24, 2.45) is 0 Å². The Balaban J connectivity index is 1.16. The third-order valence-electron chi connectivity index (χ3n) is 6.82. The van der Waals surface area contributed by atoms with Crippen LogP contribution < -0.4 is 5.32 Å². The zero-order chi connectivity index (χ0) is 28.1. The number of aryl methyl sites for hydroxylation is 1. The van der Waals surface area contributed by atoms with Gasteiger partial charge < -0.3 is 20.1 Å². The van der Waals surface area contributed by atoms with Crippen molar-refractivity contribution in [1.82, 2.24) is 15.2 Å². The van der Waals surface area contributed by atoms with E-state index in [0.717, 1.165) is 16.7 Å². The van der Waals surface area contributed by atoms with E-state index in [2.05, 4.69) is 34.6 Å². The Bertz CT molecular complexity index is 1490. The van der Waals surface area contributed by atoms with Crippen LogP contribution in [0.2, 0.25) is 0 Å². The van der Waals surface area contributed by atoms with Gasteiger partial charge in [-0.2, -0.15) is 0 Å². The standard InChI is InChI=1S/C31H29N3O5S/c1-20-29(30(37)34(18-28(35)36)17-21-9-3-2-4-10-21)33-27(40-20)15-16-32-31(38)39-19-26-24-13-7-5-11-22(24)23-12-6-8-14-25(23)26/h2-14,26H,15-19H2,1H3,(H,32,38)(H,35,36). The van der Waals surface area contributed by atoms with E-state index >= 15 is 0 Å². The zero-order valence-corrected chi connectivity index (χ0v) is 22.8. The lowest BCUT2D eigenvalue weighted by Gasteiger charge is -2.20. The number of carboxylic acid groups (broad SMARTS) is 1. The summed E-state index contributed by atoms with van der Waals surface area (Å²) in [6, 6.07) is 25.6. The number of aromatic nitrogens is 1. The third kappa shape index (κ3) is 6.05. The van der Waals surface area contributed by atoms with Crippen LogP contribution in [0.4, 0.5) is 4.79 Å². The molecule has 1 heterocycles. The number of hydrogen-bond donors (Lipinski definition) is 2. The van der Waals surface area contributed by atoms with E-state index in [-0.39, 0.29) is 24.8 Å². The Hall–Kier alpha value is -4.50. The largest absolute Gasteiger partial charge is 0.480 e. The molecule has 1 aliphatic rings. The summed E-state index contributed by atoms with van der Waals surface area (Å²) < 4.78 is 5.59. The Morgan fingerprint density at radius 1 is 0.950 bits per heavy atom. The van der Waals surface area contributed by atoms with Gasteiger partial charge in [0.25, 0.3) is 5.91 Å². The fourth-order valence-electron chi connectivity index (χ4n) is 4.99. The van der Waals surface area contributed by atoms with Gasteiger partial charge in [0.1, 0.15) is 18.8 Å². The van der Waals surface area contributed by atoms with Gasteiger partial charge in [0, 0.05) is 30.3 Å². The number of hydrogen-bond acceptors (Lipinski definition) is 6. The van der Waals surface area contributed by atoms with Gasteiger partial charge >= 0.3 is 12.1 Å². The first-order chi connectivity index (χ1) is 19.4. The predicted molar refractivity (Wildman–Crippen MR) is 152 cm³/mol. The number of aliphatic carboxylic acids is 1. The molecule has 204 valence electrons. The number of nitrogens with one attached hydrogen (secondary N) is 1. The van der Waals surface area contributed by atoms with Gasteiger partial charge in [-0.15, -0.1) is 11.3 Å². The van der Waals surface area contributed by atoms with Crippen LogP contribution in [0.5, 0.6) is 0 Å². The molecule has 0 saturated carbocycles. The molecule has 0 saturated heterocycles. The summed E-state index contributed by atoms with van der Waals surface area (Å²) in [4.78, 5) is 43.6. The number of thiazole rings is 1. The van der Waals surface area contributed by atoms with E-state index in [9.17, 15) is 19.5 Å². The number of carbonyl (C=O) groups excluding carboxylic acids is 2. The molecule has 0 atom stereocenters. The van der Waals surface area contributed by atoms with E-state index in [1.807, 2.05) is 54.6 Å². The number of amides is 2. The van der Waals surface area contributed by atoms with Gasteiger partial charge in [-0.3, -0.25) is 9.59 Å². The maximum absolute atomic E-state index is 13.2. The lowest BCUT2D eigenvalue weighted by Crippen LogP contribution is -2.35. The Kier molecular flexibility index (Phi) is 8.21. The molecule has 9 heteroatoms. The summed E-state index contributed by atoms with van der Waals surface area (Å²) in [5, 5.41) is 12.8. The molecule has 4 aromatic rings. The number of rotatable bonds is 10. The highest BCUT2D eigenvalue weighted by molar-refractivity contribution is 7.11. The highest BCUT2D eigenvalue weighted by atomic mass is 32.1. The molecule has 8 nitrogen and oxygen atoms in total. The van der Waals surface area contributed by atoms with E-state index in [4.69, 9.17) is 4.74 Å². The summed E-state index contributed by atoms with van der Waals surface area (Å²) in [5.74, 6) is -1.54. The summed E-state index contributed by atoms with van der Waals surface area (Å²) in [7, 11) is 0. The molecular weight excluding hydrogens is 526 g/mol. The zero-order valence-electron chi connectivity index (χ0n) is 22.0. The number of alkyl carbamates (subject to hydrolysis) is 1. The molecule has 0 radical (unpaired) electrons. The molecule has 0 aliphatic heterocycles. The molecule has 3 aromatic carbocycles. The molecule has 2 N–H and O–H groups in total. The highest BCUT2D eigenvalue weighted by Gasteiger charge is 2.29. The van der Waals surface area contributed by atoms with Crippen LogP contribution >= 0.6 is 11.3 Å². The fraction of sp³-hybridized carbons (Fsp3) is 0.226. The lowest BCUT2D eigenvalue weighted by molar-refractivity contribution is -0.137. The maximum Gasteiger partial charge on any atom is 0.407 e. The minimum atomic E-state index is -1.09. The smallest absolute Gasteiger partial charge is 0.407 e. The normalized spacial score (nSPS) is 11.9. The number of carbonyl (C=O) groups is 3. The number of carboxylic acids is 1. The Labute approximate surface area is 236 Å². The summed E-state index contributed by atoms with van der Waals surface area (Å²) in [5.41, 5.74) is 5.70. The monoisotopic (exact) mass is 555 g/mol. The second-order valence-electron chi connectivity index (χ2n) is 9.56. The second kappa shape index (κ2) is 12.1. The topological polar surface area (TPSA) is 109 Å². The van der Waals surface area contributed by atoms with Crippen LogP contribution in [0.1, 0.15) is 43.0 Å². The first-order valence-electron chi connectivity index (χ1n) is 13.0. The van der Waals surface area contributed by atoms with E-state index in [0.29, 0.717) is 22.9 Å². The van der Waals surface area contributed by atoms with Crippen molar-refractivity contribution in [3.63, 3.8) is 0 Å². The molecule has 0 unspecified atom stereocenters. The molecule has 2 amide bonds. The minimum absolute atomic E-state index is 0.0158. The molecule has 5 rings (SSSR count). The quantitative estimate of drug-likeness (QED) is 0.276. The van der Waals surface area contributed by atoms with Gasteiger partial charge in [0.15, 0.2) is 0 Å². The molecule has 40 heavy (non-hydrogen) atoms. The average molecular weight is 556 g/mol. The van der Waals surface area contributed by atoms with E-state index < -0.39 is 24.5 Å². The first kappa shape index (κ1) is 27.1. The number of ether oxygens (including phenoxy) is 1. The summed E-state index contributed by atoms with van der Waals surface area (Å²) in [6.45, 7) is 2.05.